The maximum Gasteiger partial charge on any atom is 0.193 e. The van der Waals surface area contributed by atoms with Crippen LogP contribution in [0.2, 0.25) is 0 Å². The van der Waals surface area contributed by atoms with E-state index in [0.29, 0.717) is 0 Å². The topological polar surface area (TPSA) is 17.1 Å². The molecule has 1 heteroatoms. The van der Waals surface area contributed by atoms with Gasteiger partial charge in [-0.15, -0.1) is 0 Å². The predicted molar refractivity (Wildman–Crippen MR) is 103 cm³/mol. The first-order chi connectivity index (χ1) is 12.3. The van der Waals surface area contributed by atoms with Crippen LogP contribution in [0.1, 0.15) is 27.0 Å². The Morgan fingerprint density at radius 2 is 1.24 bits per heavy atom. The van der Waals surface area contributed by atoms with E-state index in [-0.39, 0.29) is 5.78 Å². The van der Waals surface area contributed by atoms with Crippen molar-refractivity contribution in [3.63, 3.8) is 0 Å². The summed E-state index contributed by atoms with van der Waals surface area (Å²) in [5, 5.41) is 2.47. The second-order valence-electron chi connectivity index (χ2n) is 6.17. The van der Waals surface area contributed by atoms with Crippen LogP contribution in [-0.2, 0) is 6.42 Å². The smallest absolute Gasteiger partial charge is 0.193 e. The van der Waals surface area contributed by atoms with Gasteiger partial charge in [-0.3, -0.25) is 4.79 Å². The molecule has 120 valence electrons. The van der Waals surface area contributed by atoms with Crippen LogP contribution in [0.3, 0.4) is 0 Å². The molecule has 0 heterocycles. The van der Waals surface area contributed by atoms with Gasteiger partial charge in [0.1, 0.15) is 0 Å². The molecule has 0 N–H and O–H groups in total. The van der Waals surface area contributed by atoms with Crippen molar-refractivity contribution >= 4 is 16.6 Å². The minimum atomic E-state index is 0.0800. The fraction of sp³-hybridized carbons (Fsp3) is 0.0417. The van der Waals surface area contributed by atoms with E-state index in [9.17, 15) is 4.79 Å². The lowest BCUT2D eigenvalue weighted by Crippen LogP contribution is -2.06. The van der Waals surface area contributed by atoms with E-state index in [1.165, 1.54) is 16.3 Å². The van der Waals surface area contributed by atoms with Crippen LogP contribution in [-0.4, -0.2) is 5.78 Å². The largest absolute Gasteiger partial charge is 0.289 e. The zero-order chi connectivity index (χ0) is 17.1. The molecule has 0 aliphatic carbocycles. The molecule has 0 atom stereocenters. The van der Waals surface area contributed by atoms with Crippen LogP contribution < -0.4 is 0 Å². The number of hydrogen-bond acceptors (Lipinski definition) is 1. The third-order valence-corrected chi connectivity index (χ3v) is 4.56. The van der Waals surface area contributed by atoms with Gasteiger partial charge in [-0.25, -0.2) is 0 Å². The highest BCUT2D eigenvalue weighted by atomic mass is 16.1. The molecule has 0 aliphatic rings. The molecule has 0 saturated heterocycles. The monoisotopic (exact) mass is 322 g/mol. The zero-order valence-corrected chi connectivity index (χ0v) is 13.9. The highest BCUT2D eigenvalue weighted by molar-refractivity contribution is 6.10. The highest BCUT2D eigenvalue weighted by Gasteiger charge is 2.13. The van der Waals surface area contributed by atoms with Gasteiger partial charge >= 0.3 is 0 Å². The molecule has 0 amide bonds. The van der Waals surface area contributed by atoms with Gasteiger partial charge in [0, 0.05) is 11.1 Å². The summed E-state index contributed by atoms with van der Waals surface area (Å²) < 4.78 is 0. The second kappa shape index (κ2) is 6.74. The maximum absolute atomic E-state index is 12.9. The molecule has 4 aromatic rings. The predicted octanol–water partition coefficient (Wildman–Crippen LogP) is 5.66. The molecule has 25 heavy (non-hydrogen) atoms. The molecule has 0 unspecified atom stereocenters. The first-order valence-corrected chi connectivity index (χ1v) is 8.47. The van der Waals surface area contributed by atoms with E-state index in [0.717, 1.165) is 23.1 Å². The number of benzene rings is 4. The Morgan fingerprint density at radius 1 is 0.600 bits per heavy atom. The summed E-state index contributed by atoms with van der Waals surface area (Å²) >= 11 is 0. The number of carbonyl (C=O) groups is 1. The van der Waals surface area contributed by atoms with Gasteiger partial charge in [0.2, 0.25) is 0 Å². The Balaban J connectivity index is 1.76. The van der Waals surface area contributed by atoms with Gasteiger partial charge in [-0.1, -0.05) is 97.1 Å². The Hall–Kier alpha value is -3.19. The first kappa shape index (κ1) is 15.3. The van der Waals surface area contributed by atoms with E-state index >= 15 is 0 Å². The van der Waals surface area contributed by atoms with Crippen molar-refractivity contribution in [2.24, 2.45) is 0 Å². The van der Waals surface area contributed by atoms with Crippen LogP contribution >= 0.6 is 0 Å². The average molecular weight is 322 g/mol. The zero-order valence-electron chi connectivity index (χ0n) is 13.9. The van der Waals surface area contributed by atoms with E-state index in [1.54, 1.807) is 0 Å². The Bertz CT molecular complexity index is 1030. The third kappa shape index (κ3) is 3.09. The van der Waals surface area contributed by atoms with Crippen molar-refractivity contribution in [3.8, 4) is 0 Å². The summed E-state index contributed by atoms with van der Waals surface area (Å²) in [7, 11) is 0. The summed E-state index contributed by atoms with van der Waals surface area (Å²) in [6.45, 7) is 0. The fourth-order valence-electron chi connectivity index (χ4n) is 3.29. The van der Waals surface area contributed by atoms with E-state index < -0.39 is 0 Å². The Morgan fingerprint density at radius 3 is 2.12 bits per heavy atom. The quantitative estimate of drug-likeness (QED) is 0.443. The van der Waals surface area contributed by atoms with E-state index in [1.807, 2.05) is 48.5 Å². The van der Waals surface area contributed by atoms with Gasteiger partial charge in [0.05, 0.1) is 0 Å². The average Bonchev–Trinajstić information content (AvgIpc) is 2.69. The van der Waals surface area contributed by atoms with Crippen LogP contribution in [0.5, 0.6) is 0 Å². The van der Waals surface area contributed by atoms with E-state index in [2.05, 4.69) is 48.5 Å². The minimum Gasteiger partial charge on any atom is -0.289 e. The lowest BCUT2D eigenvalue weighted by Gasteiger charge is -2.11. The number of rotatable bonds is 4. The Kier molecular flexibility index (Phi) is 4.14. The molecule has 0 aromatic heterocycles. The molecule has 0 saturated carbocycles. The van der Waals surface area contributed by atoms with Crippen LogP contribution in [0.25, 0.3) is 10.8 Å². The van der Waals surface area contributed by atoms with Gasteiger partial charge in [-0.05, 0) is 28.3 Å². The van der Waals surface area contributed by atoms with Crippen molar-refractivity contribution in [1.29, 1.82) is 0 Å². The van der Waals surface area contributed by atoms with Gasteiger partial charge in [-0.2, -0.15) is 0 Å². The summed E-state index contributed by atoms with van der Waals surface area (Å²) in [5.41, 5.74) is 3.81. The summed E-state index contributed by atoms with van der Waals surface area (Å²) in [4.78, 5) is 12.9. The van der Waals surface area contributed by atoms with Gasteiger partial charge in [0.25, 0.3) is 0 Å². The molecular weight excluding hydrogens is 304 g/mol. The standard InChI is InChI=1S/C24H18O/c25-24(19-10-2-1-3-11-19)23-16-7-5-12-21(23)17-20-14-8-13-18-9-4-6-15-22(18)20/h1-16H,17H2. The minimum absolute atomic E-state index is 0.0800. The summed E-state index contributed by atoms with van der Waals surface area (Å²) in [5.74, 6) is 0.0800. The number of ketones is 1. The normalized spacial score (nSPS) is 10.7. The molecule has 0 radical (unpaired) electrons. The second-order valence-corrected chi connectivity index (χ2v) is 6.17. The van der Waals surface area contributed by atoms with Gasteiger partial charge < -0.3 is 0 Å². The van der Waals surface area contributed by atoms with Crippen molar-refractivity contribution < 1.29 is 4.79 Å². The molecular formula is C24H18O. The van der Waals surface area contributed by atoms with Crippen LogP contribution in [0, 0.1) is 0 Å². The maximum atomic E-state index is 12.9. The van der Waals surface area contributed by atoms with Gasteiger partial charge in [0.15, 0.2) is 5.78 Å². The molecule has 4 aromatic carbocycles. The Labute approximate surface area is 147 Å². The SMILES string of the molecule is O=C(c1ccccc1)c1ccccc1Cc1cccc2ccccc12. The molecule has 0 spiro atoms. The highest BCUT2D eigenvalue weighted by Crippen LogP contribution is 2.24. The van der Waals surface area contributed by atoms with E-state index in [4.69, 9.17) is 0 Å². The summed E-state index contributed by atoms with van der Waals surface area (Å²) in [6.07, 6.45) is 0.746. The summed E-state index contributed by atoms with van der Waals surface area (Å²) in [6, 6.07) is 32.1. The van der Waals surface area contributed by atoms with Crippen molar-refractivity contribution in [2.75, 3.05) is 0 Å². The lowest BCUT2D eigenvalue weighted by molar-refractivity contribution is 0.103. The fourth-order valence-corrected chi connectivity index (χ4v) is 3.29. The van der Waals surface area contributed by atoms with Crippen molar-refractivity contribution in [2.45, 2.75) is 6.42 Å². The number of fused-ring (bicyclic) bond motifs is 1. The first-order valence-electron chi connectivity index (χ1n) is 8.47. The van der Waals surface area contributed by atoms with Crippen molar-refractivity contribution in [1.82, 2.24) is 0 Å². The molecule has 4 rings (SSSR count). The number of carbonyl (C=O) groups excluding carboxylic acids is 1. The molecule has 1 nitrogen and oxygen atoms in total. The molecule has 0 bridgehead atoms. The molecule has 0 aliphatic heterocycles. The van der Waals surface area contributed by atoms with Crippen LogP contribution in [0.15, 0.2) is 97.1 Å². The third-order valence-electron chi connectivity index (χ3n) is 4.56. The molecule has 0 fully saturated rings. The number of hydrogen-bond donors (Lipinski definition) is 0. The van der Waals surface area contributed by atoms with Crippen LogP contribution in [0.4, 0.5) is 0 Å². The lowest BCUT2D eigenvalue weighted by atomic mass is 9.92. The van der Waals surface area contributed by atoms with Crippen molar-refractivity contribution in [3.05, 3.63) is 119 Å².